The van der Waals surface area contributed by atoms with E-state index in [4.69, 9.17) is 0 Å². The molecule has 1 aromatic carbocycles. The zero-order chi connectivity index (χ0) is 10.9. The predicted octanol–water partition coefficient (Wildman–Crippen LogP) is 0.955. The van der Waals surface area contributed by atoms with Gasteiger partial charge in [-0.3, -0.25) is 4.79 Å². The van der Waals surface area contributed by atoms with Crippen molar-refractivity contribution in [3.8, 4) is 0 Å². The minimum atomic E-state index is 0.0825. The van der Waals surface area contributed by atoms with Gasteiger partial charge in [0.2, 0.25) is 5.91 Å². The van der Waals surface area contributed by atoms with Crippen molar-refractivity contribution in [3.05, 3.63) is 35.9 Å². The van der Waals surface area contributed by atoms with Crippen molar-refractivity contribution >= 4 is 5.91 Å². The lowest BCUT2D eigenvalue weighted by atomic mass is 10.1. The van der Waals surface area contributed by atoms with Gasteiger partial charge in [0, 0.05) is 13.1 Å². The molecule has 0 aliphatic heterocycles. The minimum Gasteiger partial charge on any atom is -0.355 e. The maximum absolute atomic E-state index is 11.4. The zero-order valence-corrected chi connectivity index (χ0v) is 9.12. The van der Waals surface area contributed by atoms with Crippen LogP contribution in [-0.2, 0) is 11.2 Å². The first kappa shape index (κ1) is 11.7. The Bertz CT molecular complexity index is 285. The molecule has 82 valence electrons. The molecule has 0 saturated carbocycles. The number of rotatable bonds is 6. The monoisotopic (exact) mass is 206 g/mol. The van der Waals surface area contributed by atoms with Crippen molar-refractivity contribution in [2.45, 2.75) is 13.3 Å². The van der Waals surface area contributed by atoms with Gasteiger partial charge in [-0.2, -0.15) is 0 Å². The molecule has 2 N–H and O–H groups in total. The number of hydrogen-bond acceptors (Lipinski definition) is 2. The van der Waals surface area contributed by atoms with Gasteiger partial charge in [-0.1, -0.05) is 37.3 Å². The Kier molecular flexibility index (Phi) is 5.48. The summed E-state index contributed by atoms with van der Waals surface area (Å²) in [4.78, 5) is 11.4. The van der Waals surface area contributed by atoms with Crippen LogP contribution in [0.5, 0.6) is 0 Å². The molecule has 0 aromatic heterocycles. The van der Waals surface area contributed by atoms with Crippen LogP contribution in [0.4, 0.5) is 0 Å². The fraction of sp³-hybridized carbons (Fsp3) is 0.417. The number of nitrogens with one attached hydrogen (secondary N) is 2. The van der Waals surface area contributed by atoms with Crippen molar-refractivity contribution in [3.63, 3.8) is 0 Å². The number of amides is 1. The van der Waals surface area contributed by atoms with Crippen molar-refractivity contribution in [1.82, 2.24) is 10.6 Å². The smallest absolute Gasteiger partial charge is 0.224 e. The molecule has 1 aromatic rings. The summed E-state index contributed by atoms with van der Waals surface area (Å²) >= 11 is 0. The van der Waals surface area contributed by atoms with E-state index in [0.717, 1.165) is 18.7 Å². The SMILES string of the molecule is CCNCCNC(=O)Cc1ccccc1. The van der Waals surface area contributed by atoms with E-state index in [0.29, 0.717) is 13.0 Å². The molecule has 0 radical (unpaired) electrons. The topological polar surface area (TPSA) is 41.1 Å². The molecule has 0 heterocycles. The zero-order valence-electron chi connectivity index (χ0n) is 9.12. The summed E-state index contributed by atoms with van der Waals surface area (Å²) in [7, 11) is 0. The number of benzene rings is 1. The summed E-state index contributed by atoms with van der Waals surface area (Å²) in [6.07, 6.45) is 0.465. The van der Waals surface area contributed by atoms with Crippen molar-refractivity contribution in [1.29, 1.82) is 0 Å². The number of hydrogen-bond donors (Lipinski definition) is 2. The lowest BCUT2D eigenvalue weighted by Gasteiger charge is -2.05. The third-order valence-corrected chi connectivity index (χ3v) is 2.08. The maximum atomic E-state index is 11.4. The third kappa shape index (κ3) is 5.18. The van der Waals surface area contributed by atoms with E-state index in [2.05, 4.69) is 10.6 Å². The number of carbonyl (C=O) groups excluding carboxylic acids is 1. The second-order valence-corrected chi connectivity index (χ2v) is 3.37. The van der Waals surface area contributed by atoms with Crippen LogP contribution in [0.3, 0.4) is 0 Å². The van der Waals surface area contributed by atoms with Gasteiger partial charge in [0.1, 0.15) is 0 Å². The van der Waals surface area contributed by atoms with Crippen LogP contribution in [-0.4, -0.2) is 25.5 Å². The molecular weight excluding hydrogens is 188 g/mol. The molecule has 3 heteroatoms. The first-order chi connectivity index (χ1) is 7.33. The Morgan fingerprint density at radius 2 is 1.93 bits per heavy atom. The molecular formula is C12H18N2O. The van der Waals surface area contributed by atoms with Gasteiger partial charge in [0.05, 0.1) is 6.42 Å². The molecule has 0 spiro atoms. The Balaban J connectivity index is 2.19. The Morgan fingerprint density at radius 1 is 1.20 bits per heavy atom. The second-order valence-electron chi connectivity index (χ2n) is 3.37. The molecule has 15 heavy (non-hydrogen) atoms. The van der Waals surface area contributed by atoms with E-state index >= 15 is 0 Å². The van der Waals surface area contributed by atoms with E-state index < -0.39 is 0 Å². The highest BCUT2D eigenvalue weighted by Gasteiger charge is 2.00. The summed E-state index contributed by atoms with van der Waals surface area (Å²) < 4.78 is 0. The fourth-order valence-corrected chi connectivity index (χ4v) is 1.31. The molecule has 3 nitrogen and oxygen atoms in total. The summed E-state index contributed by atoms with van der Waals surface area (Å²) in [6, 6.07) is 9.77. The predicted molar refractivity (Wildman–Crippen MR) is 61.7 cm³/mol. The summed E-state index contributed by atoms with van der Waals surface area (Å²) in [5.41, 5.74) is 1.05. The van der Waals surface area contributed by atoms with E-state index in [1.807, 2.05) is 37.3 Å². The molecule has 0 aliphatic rings. The van der Waals surface area contributed by atoms with Crippen LogP contribution in [0.1, 0.15) is 12.5 Å². The molecule has 1 rings (SSSR count). The Morgan fingerprint density at radius 3 is 2.60 bits per heavy atom. The lowest BCUT2D eigenvalue weighted by Crippen LogP contribution is -2.32. The van der Waals surface area contributed by atoms with Gasteiger partial charge < -0.3 is 10.6 Å². The van der Waals surface area contributed by atoms with Crippen molar-refractivity contribution in [2.75, 3.05) is 19.6 Å². The highest BCUT2D eigenvalue weighted by molar-refractivity contribution is 5.78. The van der Waals surface area contributed by atoms with Crippen molar-refractivity contribution in [2.24, 2.45) is 0 Å². The normalized spacial score (nSPS) is 9.93. The number of carbonyl (C=O) groups is 1. The average Bonchev–Trinajstić information content (AvgIpc) is 2.26. The van der Waals surface area contributed by atoms with E-state index in [1.165, 1.54) is 0 Å². The quantitative estimate of drug-likeness (QED) is 0.681. The molecule has 0 fully saturated rings. The highest BCUT2D eigenvalue weighted by Crippen LogP contribution is 1.98. The molecule has 0 unspecified atom stereocenters. The van der Waals surface area contributed by atoms with Crippen LogP contribution in [0, 0.1) is 0 Å². The minimum absolute atomic E-state index is 0.0825. The Hall–Kier alpha value is -1.35. The van der Waals surface area contributed by atoms with E-state index in [1.54, 1.807) is 0 Å². The Labute approximate surface area is 90.9 Å². The highest BCUT2D eigenvalue weighted by atomic mass is 16.1. The molecule has 0 atom stereocenters. The van der Waals surface area contributed by atoms with E-state index in [9.17, 15) is 4.79 Å². The summed E-state index contributed by atoms with van der Waals surface area (Å²) in [5.74, 6) is 0.0825. The molecule has 0 bridgehead atoms. The summed E-state index contributed by atoms with van der Waals surface area (Å²) in [6.45, 7) is 4.51. The van der Waals surface area contributed by atoms with Gasteiger partial charge in [0.25, 0.3) is 0 Å². The van der Waals surface area contributed by atoms with Crippen LogP contribution in [0.2, 0.25) is 0 Å². The molecule has 1 amide bonds. The molecule has 0 aliphatic carbocycles. The average molecular weight is 206 g/mol. The third-order valence-electron chi connectivity index (χ3n) is 2.08. The van der Waals surface area contributed by atoms with Crippen LogP contribution < -0.4 is 10.6 Å². The van der Waals surface area contributed by atoms with Gasteiger partial charge in [0.15, 0.2) is 0 Å². The first-order valence-corrected chi connectivity index (χ1v) is 5.34. The maximum Gasteiger partial charge on any atom is 0.224 e. The lowest BCUT2D eigenvalue weighted by molar-refractivity contribution is -0.120. The van der Waals surface area contributed by atoms with Crippen LogP contribution in [0.15, 0.2) is 30.3 Å². The van der Waals surface area contributed by atoms with Gasteiger partial charge in [-0.25, -0.2) is 0 Å². The van der Waals surface area contributed by atoms with Crippen molar-refractivity contribution < 1.29 is 4.79 Å². The van der Waals surface area contributed by atoms with Crippen LogP contribution in [0.25, 0.3) is 0 Å². The summed E-state index contributed by atoms with van der Waals surface area (Å²) in [5, 5.41) is 6.02. The standard InChI is InChI=1S/C12H18N2O/c1-2-13-8-9-14-12(15)10-11-6-4-3-5-7-11/h3-7,13H,2,8-10H2,1H3,(H,14,15). The largest absolute Gasteiger partial charge is 0.355 e. The van der Waals surface area contributed by atoms with Gasteiger partial charge in [-0.05, 0) is 12.1 Å². The first-order valence-electron chi connectivity index (χ1n) is 5.34. The number of likely N-dealkylation sites (N-methyl/N-ethyl adjacent to an activating group) is 1. The van der Waals surface area contributed by atoms with E-state index in [-0.39, 0.29) is 5.91 Å². The fourth-order valence-electron chi connectivity index (χ4n) is 1.31. The van der Waals surface area contributed by atoms with Gasteiger partial charge in [-0.15, -0.1) is 0 Å². The second kappa shape index (κ2) is 7.01. The van der Waals surface area contributed by atoms with Crippen LogP contribution >= 0.6 is 0 Å². The molecule has 0 saturated heterocycles. The van der Waals surface area contributed by atoms with Gasteiger partial charge >= 0.3 is 0 Å².